The minimum absolute atomic E-state index is 0.0789. The molecule has 4 rings (SSSR count). The number of aromatic nitrogens is 5. The molecule has 0 radical (unpaired) electrons. The molecule has 0 fully saturated rings. The highest BCUT2D eigenvalue weighted by Crippen LogP contribution is 2.28. The molecule has 0 spiro atoms. The number of amides is 1. The van der Waals surface area contributed by atoms with Crippen molar-refractivity contribution in [3.63, 3.8) is 0 Å². The summed E-state index contributed by atoms with van der Waals surface area (Å²) in [7, 11) is 1.62. The van der Waals surface area contributed by atoms with E-state index in [1.807, 2.05) is 49.4 Å². The smallest absolute Gasteiger partial charge is 0.264 e. The average molecular weight is 542 g/mol. The first-order valence-electron chi connectivity index (χ1n) is 10.6. The molecule has 0 unspecified atom stereocenters. The Balaban J connectivity index is 1.25. The van der Waals surface area contributed by atoms with Gasteiger partial charge in [0, 0.05) is 5.75 Å². The summed E-state index contributed by atoms with van der Waals surface area (Å²) in [5.41, 5.74) is 5.64. The van der Waals surface area contributed by atoms with E-state index < -0.39 is 0 Å². The second-order valence-electron chi connectivity index (χ2n) is 7.20. The van der Waals surface area contributed by atoms with Crippen molar-refractivity contribution in [3.05, 3.63) is 65.7 Å². The van der Waals surface area contributed by atoms with Gasteiger partial charge < -0.3 is 10.6 Å². The molecule has 2 aromatic carbocycles. The molecule has 0 bridgehead atoms. The van der Waals surface area contributed by atoms with E-state index >= 15 is 0 Å². The quantitative estimate of drug-likeness (QED) is 0.0844. The Kier molecular flexibility index (Phi) is 8.76. The summed E-state index contributed by atoms with van der Waals surface area (Å²) in [6.07, 6.45) is 0. The minimum atomic E-state index is -0.248. The number of methoxy groups -OCH3 is 1. The van der Waals surface area contributed by atoms with Gasteiger partial charge in [0.15, 0.2) is 4.34 Å². The maximum Gasteiger partial charge on any atom is 0.264 e. The first-order chi connectivity index (χ1) is 17.5. The number of nitrogens with one attached hydrogen (secondary N) is 2. The molecular formula is C22H23N9O2S3. The van der Waals surface area contributed by atoms with Gasteiger partial charge in [-0.15, -0.1) is 20.4 Å². The van der Waals surface area contributed by atoms with Crippen LogP contribution >= 0.6 is 34.9 Å². The third-order valence-electron chi connectivity index (χ3n) is 4.69. The van der Waals surface area contributed by atoms with E-state index in [0.29, 0.717) is 10.3 Å². The molecule has 36 heavy (non-hydrogen) atoms. The van der Waals surface area contributed by atoms with E-state index in [0.717, 1.165) is 38.9 Å². The summed E-state index contributed by atoms with van der Waals surface area (Å²) in [6, 6.07) is 17.6. The first-order valence-corrected chi connectivity index (χ1v) is 13.4. The van der Waals surface area contributed by atoms with Gasteiger partial charge in [-0.2, -0.15) is 5.10 Å². The largest absolute Gasteiger partial charge is 0.497 e. The Bertz CT molecular complexity index is 1320. The minimum Gasteiger partial charge on any atom is -0.497 e. The summed E-state index contributed by atoms with van der Waals surface area (Å²) in [5.74, 6) is 7.68. The SMILES string of the molecule is COc1ccc(/C(C)=N/Nc2nnc(SCC(=O)Nc3nnc(SCc4ccccc4)s3)n2N)cc1. The predicted molar refractivity (Wildman–Crippen MR) is 144 cm³/mol. The fourth-order valence-electron chi connectivity index (χ4n) is 2.81. The third kappa shape index (κ3) is 6.96. The lowest BCUT2D eigenvalue weighted by atomic mass is 10.1. The van der Waals surface area contributed by atoms with E-state index in [9.17, 15) is 4.79 Å². The number of nitrogens with two attached hydrogens (primary N) is 1. The van der Waals surface area contributed by atoms with E-state index in [-0.39, 0.29) is 17.6 Å². The van der Waals surface area contributed by atoms with Gasteiger partial charge in [-0.25, -0.2) is 10.1 Å². The standard InChI is InChI=1S/C22H23N9O2S3/c1-14(16-8-10-17(33-2)11-9-16)25-26-19-27-29-21(31(19)23)34-13-18(32)24-20-28-30-22(36-20)35-12-15-6-4-3-5-7-15/h3-11H,12-13,23H2,1-2H3,(H,26,27)(H,24,28,32)/b25-14+. The summed E-state index contributed by atoms with van der Waals surface area (Å²) in [4.78, 5) is 12.4. The van der Waals surface area contributed by atoms with Crippen LogP contribution in [0, 0.1) is 0 Å². The van der Waals surface area contributed by atoms with Crippen molar-refractivity contribution in [1.82, 2.24) is 25.1 Å². The molecule has 0 aliphatic carbocycles. The molecule has 14 heteroatoms. The third-order valence-corrected chi connectivity index (χ3v) is 7.67. The zero-order valence-electron chi connectivity index (χ0n) is 19.4. The van der Waals surface area contributed by atoms with Gasteiger partial charge in [0.25, 0.3) is 5.95 Å². The molecule has 4 aromatic rings. The van der Waals surface area contributed by atoms with E-state index in [1.165, 1.54) is 21.6 Å². The molecule has 1 amide bonds. The number of rotatable bonds is 11. The van der Waals surface area contributed by atoms with Crippen molar-refractivity contribution in [2.75, 3.05) is 29.4 Å². The number of carbonyl (C=O) groups excluding carboxylic acids is 1. The predicted octanol–water partition coefficient (Wildman–Crippen LogP) is 3.71. The molecule has 4 N–H and O–H groups in total. The van der Waals surface area contributed by atoms with Crippen LogP contribution in [-0.2, 0) is 10.5 Å². The van der Waals surface area contributed by atoms with E-state index in [2.05, 4.69) is 48.4 Å². The number of hydrogen-bond donors (Lipinski definition) is 3. The number of ether oxygens (including phenoxy) is 1. The monoisotopic (exact) mass is 541 g/mol. The van der Waals surface area contributed by atoms with Crippen LogP contribution in [0.2, 0.25) is 0 Å². The van der Waals surface area contributed by atoms with Crippen LogP contribution in [-0.4, -0.2) is 49.6 Å². The molecule has 2 heterocycles. The maximum atomic E-state index is 12.4. The van der Waals surface area contributed by atoms with Gasteiger partial charge in [-0.05, 0) is 42.3 Å². The summed E-state index contributed by atoms with van der Waals surface area (Å²) < 4.78 is 7.19. The molecule has 2 aromatic heterocycles. The number of benzene rings is 2. The zero-order chi connectivity index (χ0) is 25.3. The van der Waals surface area contributed by atoms with Crippen LogP contribution < -0.4 is 21.3 Å². The highest BCUT2D eigenvalue weighted by Gasteiger charge is 2.14. The average Bonchev–Trinajstić information content (AvgIpc) is 3.51. The topological polar surface area (TPSA) is 145 Å². The van der Waals surface area contributed by atoms with Crippen molar-refractivity contribution < 1.29 is 9.53 Å². The molecular weight excluding hydrogens is 519 g/mol. The number of anilines is 2. The zero-order valence-corrected chi connectivity index (χ0v) is 21.9. The Morgan fingerprint density at radius 1 is 1.08 bits per heavy atom. The number of hydrogen-bond acceptors (Lipinski definition) is 12. The Morgan fingerprint density at radius 3 is 2.61 bits per heavy atom. The number of hydrazone groups is 1. The second kappa shape index (κ2) is 12.4. The molecule has 0 saturated carbocycles. The molecule has 0 aliphatic rings. The van der Waals surface area contributed by atoms with Crippen LogP contribution in [0.15, 0.2) is 69.2 Å². The number of carbonyl (C=O) groups is 1. The van der Waals surface area contributed by atoms with Gasteiger partial charge >= 0.3 is 0 Å². The Labute approximate surface area is 219 Å². The van der Waals surface area contributed by atoms with Crippen molar-refractivity contribution in [3.8, 4) is 5.75 Å². The highest BCUT2D eigenvalue weighted by molar-refractivity contribution is 8.00. The van der Waals surface area contributed by atoms with Crippen LogP contribution in [0.3, 0.4) is 0 Å². The molecule has 11 nitrogen and oxygen atoms in total. The molecule has 0 saturated heterocycles. The lowest BCUT2D eigenvalue weighted by molar-refractivity contribution is -0.113. The lowest BCUT2D eigenvalue weighted by Crippen LogP contribution is -2.17. The second-order valence-corrected chi connectivity index (χ2v) is 10.3. The van der Waals surface area contributed by atoms with Crippen molar-refractivity contribution in [2.24, 2.45) is 5.10 Å². The summed E-state index contributed by atoms with van der Waals surface area (Å²) in [6.45, 7) is 1.85. The van der Waals surface area contributed by atoms with Gasteiger partial charge in [0.05, 0.1) is 18.6 Å². The Hall–Kier alpha value is -3.62. The van der Waals surface area contributed by atoms with Crippen LogP contribution in [0.1, 0.15) is 18.1 Å². The van der Waals surface area contributed by atoms with Crippen molar-refractivity contribution in [1.29, 1.82) is 0 Å². The van der Waals surface area contributed by atoms with Crippen molar-refractivity contribution in [2.45, 2.75) is 22.2 Å². The number of thioether (sulfide) groups is 2. The molecule has 186 valence electrons. The fraction of sp³-hybridized carbons (Fsp3) is 0.182. The maximum absolute atomic E-state index is 12.4. The van der Waals surface area contributed by atoms with Gasteiger partial charge in [-0.1, -0.05) is 65.2 Å². The van der Waals surface area contributed by atoms with Crippen LogP contribution in [0.25, 0.3) is 0 Å². The molecule has 0 atom stereocenters. The van der Waals surface area contributed by atoms with E-state index in [1.54, 1.807) is 18.9 Å². The number of nitrogens with zero attached hydrogens (tertiary/aromatic N) is 6. The first kappa shape index (κ1) is 25.5. The molecule has 0 aliphatic heterocycles. The summed E-state index contributed by atoms with van der Waals surface area (Å²) >= 11 is 4.04. The fourth-order valence-corrected chi connectivity index (χ4v) is 5.19. The normalized spacial score (nSPS) is 11.3. The van der Waals surface area contributed by atoms with Crippen LogP contribution in [0.5, 0.6) is 5.75 Å². The Morgan fingerprint density at radius 2 is 1.86 bits per heavy atom. The highest BCUT2D eigenvalue weighted by atomic mass is 32.2. The lowest BCUT2D eigenvalue weighted by Gasteiger charge is -2.05. The number of nitrogen functional groups attached to an aromatic ring is 1. The van der Waals surface area contributed by atoms with Gasteiger partial charge in [-0.3, -0.25) is 10.1 Å². The van der Waals surface area contributed by atoms with E-state index in [4.69, 9.17) is 10.6 Å². The summed E-state index contributed by atoms with van der Waals surface area (Å²) in [5, 5.41) is 24.0. The van der Waals surface area contributed by atoms with Gasteiger partial charge in [0.1, 0.15) is 5.75 Å². The van der Waals surface area contributed by atoms with Crippen molar-refractivity contribution >= 4 is 57.6 Å². The van der Waals surface area contributed by atoms with Crippen LogP contribution in [0.4, 0.5) is 11.1 Å². The van der Waals surface area contributed by atoms with Gasteiger partial charge in [0.2, 0.25) is 16.2 Å².